The summed E-state index contributed by atoms with van der Waals surface area (Å²) in [5.74, 6) is 0.152. The summed E-state index contributed by atoms with van der Waals surface area (Å²) in [6.45, 7) is 4.02. The summed E-state index contributed by atoms with van der Waals surface area (Å²) in [6.07, 6.45) is 1.65. The smallest absolute Gasteiger partial charge is 0.241 e. The van der Waals surface area contributed by atoms with Crippen LogP contribution >= 0.6 is 12.4 Å². The lowest BCUT2D eigenvalue weighted by Gasteiger charge is -2.25. The van der Waals surface area contributed by atoms with Gasteiger partial charge in [0.1, 0.15) is 6.04 Å². The van der Waals surface area contributed by atoms with E-state index in [-0.39, 0.29) is 24.4 Å². The van der Waals surface area contributed by atoms with Gasteiger partial charge in [0.05, 0.1) is 0 Å². The summed E-state index contributed by atoms with van der Waals surface area (Å²) in [4.78, 5) is 14.5. The maximum Gasteiger partial charge on any atom is 0.241 e. The van der Waals surface area contributed by atoms with E-state index in [0.717, 1.165) is 18.4 Å². The van der Waals surface area contributed by atoms with E-state index in [0.29, 0.717) is 25.7 Å². The number of hydrazine groups is 1. The molecule has 5 nitrogen and oxygen atoms in total. The molecule has 2 unspecified atom stereocenters. The highest BCUT2D eigenvalue weighted by Crippen LogP contribution is 2.11. The summed E-state index contributed by atoms with van der Waals surface area (Å²) in [7, 11) is 0. The molecule has 0 aromatic heterocycles. The van der Waals surface area contributed by atoms with Crippen molar-refractivity contribution in [3.8, 4) is 0 Å². The van der Waals surface area contributed by atoms with Gasteiger partial charge in [-0.25, -0.2) is 5.43 Å². The second-order valence-corrected chi connectivity index (χ2v) is 5.37. The maximum absolute atomic E-state index is 12.6. The third kappa shape index (κ3) is 5.28. The molecule has 6 heteroatoms. The first-order valence-electron chi connectivity index (χ1n) is 7.24. The first-order valence-corrected chi connectivity index (χ1v) is 7.24. The summed E-state index contributed by atoms with van der Waals surface area (Å²) in [5.41, 5.74) is 12.9. The van der Waals surface area contributed by atoms with Crippen molar-refractivity contribution < 1.29 is 4.79 Å². The van der Waals surface area contributed by atoms with Crippen LogP contribution in [0.3, 0.4) is 0 Å². The Morgan fingerprint density at radius 3 is 2.62 bits per heavy atom. The van der Waals surface area contributed by atoms with Gasteiger partial charge in [-0.1, -0.05) is 30.3 Å². The molecular formula is C15H25ClN4O. The number of carbonyl (C=O) groups is 1. The Labute approximate surface area is 132 Å². The molecule has 1 aliphatic rings. The molecule has 0 aliphatic carbocycles. The number of amides is 1. The van der Waals surface area contributed by atoms with Crippen LogP contribution in [-0.4, -0.2) is 36.0 Å². The number of benzene rings is 1. The molecule has 2 atom stereocenters. The molecular weight excluding hydrogens is 288 g/mol. The normalized spacial score (nSPS) is 20.9. The van der Waals surface area contributed by atoms with Gasteiger partial charge in [0.25, 0.3) is 0 Å². The molecule has 1 heterocycles. The molecule has 1 aromatic rings. The Kier molecular flexibility index (Phi) is 7.67. The Morgan fingerprint density at radius 1 is 1.33 bits per heavy atom. The van der Waals surface area contributed by atoms with Crippen molar-refractivity contribution in [1.82, 2.24) is 15.8 Å². The fraction of sp³-hybridized carbons (Fsp3) is 0.533. The van der Waals surface area contributed by atoms with Crippen molar-refractivity contribution in [3.63, 3.8) is 0 Å². The molecule has 118 valence electrons. The predicted molar refractivity (Wildman–Crippen MR) is 86.9 cm³/mol. The molecule has 1 aromatic carbocycles. The molecule has 0 radical (unpaired) electrons. The topological polar surface area (TPSA) is 70.4 Å². The standard InChI is InChI=1S/C15H24N4O.ClH/c1-12-10-14(18-17-12)15(20)19(9-5-8-16)11-13-6-3-2-4-7-13;/h2-4,6-7,12,14,17-18H,5,8-11,16H2,1H3;1H. The molecule has 0 saturated carbocycles. The number of nitrogens with two attached hydrogens (primary N) is 1. The van der Waals surface area contributed by atoms with E-state index in [2.05, 4.69) is 17.8 Å². The zero-order valence-corrected chi connectivity index (χ0v) is 13.2. The molecule has 1 saturated heterocycles. The van der Waals surface area contributed by atoms with E-state index in [1.807, 2.05) is 35.2 Å². The Balaban J connectivity index is 0.00000220. The first-order chi connectivity index (χ1) is 9.70. The average molecular weight is 313 g/mol. The Hall–Kier alpha value is -1.14. The molecule has 0 bridgehead atoms. The molecule has 21 heavy (non-hydrogen) atoms. The zero-order valence-electron chi connectivity index (χ0n) is 12.4. The maximum atomic E-state index is 12.6. The molecule has 1 fully saturated rings. The lowest BCUT2D eigenvalue weighted by Crippen LogP contribution is -2.46. The van der Waals surface area contributed by atoms with Crippen molar-refractivity contribution in [1.29, 1.82) is 0 Å². The van der Waals surface area contributed by atoms with Crippen LogP contribution in [0.15, 0.2) is 30.3 Å². The van der Waals surface area contributed by atoms with Crippen LogP contribution in [0.25, 0.3) is 0 Å². The second kappa shape index (κ2) is 9.00. The Bertz CT molecular complexity index is 429. The molecule has 1 aliphatic heterocycles. The number of hydrogen-bond acceptors (Lipinski definition) is 4. The Morgan fingerprint density at radius 2 is 2.05 bits per heavy atom. The van der Waals surface area contributed by atoms with Gasteiger partial charge in [-0.05, 0) is 31.9 Å². The van der Waals surface area contributed by atoms with Crippen LogP contribution in [-0.2, 0) is 11.3 Å². The van der Waals surface area contributed by atoms with E-state index in [9.17, 15) is 4.79 Å². The number of hydrogen-bond donors (Lipinski definition) is 3. The highest BCUT2D eigenvalue weighted by Gasteiger charge is 2.30. The van der Waals surface area contributed by atoms with E-state index >= 15 is 0 Å². The van der Waals surface area contributed by atoms with E-state index in [4.69, 9.17) is 5.73 Å². The minimum atomic E-state index is -0.133. The fourth-order valence-corrected chi connectivity index (χ4v) is 2.45. The second-order valence-electron chi connectivity index (χ2n) is 5.37. The number of carbonyl (C=O) groups excluding carboxylic acids is 1. The third-order valence-corrected chi connectivity index (χ3v) is 3.55. The van der Waals surface area contributed by atoms with Gasteiger partial charge in [-0.3, -0.25) is 10.2 Å². The summed E-state index contributed by atoms with van der Waals surface area (Å²) >= 11 is 0. The van der Waals surface area contributed by atoms with Gasteiger partial charge in [0.2, 0.25) is 5.91 Å². The monoisotopic (exact) mass is 312 g/mol. The van der Waals surface area contributed by atoms with Crippen molar-refractivity contribution in [2.75, 3.05) is 13.1 Å². The quantitative estimate of drug-likeness (QED) is 0.734. The van der Waals surface area contributed by atoms with Crippen LogP contribution in [0, 0.1) is 0 Å². The van der Waals surface area contributed by atoms with Gasteiger partial charge in [0.15, 0.2) is 0 Å². The molecule has 0 spiro atoms. The van der Waals surface area contributed by atoms with Crippen LogP contribution in [0.4, 0.5) is 0 Å². The molecule has 1 amide bonds. The number of halogens is 1. The first kappa shape index (κ1) is 17.9. The largest absolute Gasteiger partial charge is 0.337 e. The molecule has 4 N–H and O–H groups in total. The van der Waals surface area contributed by atoms with Crippen molar-refractivity contribution in [2.45, 2.75) is 38.4 Å². The van der Waals surface area contributed by atoms with Gasteiger partial charge < -0.3 is 10.6 Å². The van der Waals surface area contributed by atoms with Crippen molar-refractivity contribution in [2.24, 2.45) is 5.73 Å². The number of nitrogens with one attached hydrogen (secondary N) is 2. The zero-order chi connectivity index (χ0) is 14.4. The van der Waals surface area contributed by atoms with Crippen molar-refractivity contribution in [3.05, 3.63) is 35.9 Å². The van der Waals surface area contributed by atoms with Crippen LogP contribution in [0.1, 0.15) is 25.3 Å². The highest BCUT2D eigenvalue weighted by atomic mass is 35.5. The third-order valence-electron chi connectivity index (χ3n) is 3.55. The summed E-state index contributed by atoms with van der Waals surface area (Å²) < 4.78 is 0. The minimum Gasteiger partial charge on any atom is -0.337 e. The van der Waals surface area contributed by atoms with Crippen LogP contribution in [0.2, 0.25) is 0 Å². The summed E-state index contributed by atoms with van der Waals surface area (Å²) in [5, 5.41) is 0. The van der Waals surface area contributed by atoms with Gasteiger partial charge in [0, 0.05) is 19.1 Å². The minimum absolute atomic E-state index is 0. The van der Waals surface area contributed by atoms with Crippen molar-refractivity contribution >= 4 is 18.3 Å². The fourth-order valence-electron chi connectivity index (χ4n) is 2.45. The van der Waals surface area contributed by atoms with Crippen LogP contribution < -0.4 is 16.6 Å². The SMILES string of the molecule is CC1CC(C(=O)N(CCCN)Cc2ccccc2)NN1.Cl. The molecule has 2 rings (SSSR count). The van der Waals surface area contributed by atoms with Crippen LogP contribution in [0.5, 0.6) is 0 Å². The van der Waals surface area contributed by atoms with E-state index < -0.39 is 0 Å². The average Bonchev–Trinajstić information content (AvgIpc) is 2.90. The summed E-state index contributed by atoms with van der Waals surface area (Å²) in [6, 6.07) is 10.3. The highest BCUT2D eigenvalue weighted by molar-refractivity contribution is 5.85. The predicted octanol–water partition coefficient (Wildman–Crippen LogP) is 1.04. The lowest BCUT2D eigenvalue weighted by atomic mass is 10.1. The van der Waals surface area contributed by atoms with E-state index in [1.54, 1.807) is 0 Å². The van der Waals surface area contributed by atoms with Gasteiger partial charge in [-0.2, -0.15) is 0 Å². The van der Waals surface area contributed by atoms with E-state index in [1.165, 1.54) is 0 Å². The number of rotatable bonds is 6. The lowest BCUT2D eigenvalue weighted by molar-refractivity contribution is -0.133. The number of nitrogens with zero attached hydrogens (tertiary/aromatic N) is 1. The van der Waals surface area contributed by atoms with Gasteiger partial charge in [-0.15, -0.1) is 12.4 Å². The van der Waals surface area contributed by atoms with Gasteiger partial charge >= 0.3 is 0 Å².